The molecule has 0 amide bonds. The summed E-state index contributed by atoms with van der Waals surface area (Å²) in [5.41, 5.74) is 1.86. The van der Waals surface area contributed by atoms with Gasteiger partial charge in [0.1, 0.15) is 12.4 Å². The van der Waals surface area contributed by atoms with Gasteiger partial charge in [0.25, 0.3) is 0 Å². The molecule has 0 atom stereocenters. The van der Waals surface area contributed by atoms with Gasteiger partial charge < -0.3 is 15.2 Å². The largest absolute Gasteiger partial charge is 0.489 e. The molecule has 2 aromatic carbocycles. The smallest absolute Gasteiger partial charge is 0.124 e. The number of hydrogen-bond donors (Lipinski definition) is 2. The minimum Gasteiger partial charge on any atom is -0.489 e. The summed E-state index contributed by atoms with van der Waals surface area (Å²) in [5.74, 6) is 0.737. The Morgan fingerprint density at radius 2 is 1.82 bits per heavy atom. The van der Waals surface area contributed by atoms with Gasteiger partial charge in [-0.1, -0.05) is 40.9 Å². The Hall–Kier alpha value is -0.970. The topological polar surface area (TPSA) is 41.5 Å². The summed E-state index contributed by atoms with van der Waals surface area (Å²) >= 11 is 17.9. The fourth-order valence-corrected chi connectivity index (χ4v) is 2.43. The zero-order chi connectivity index (χ0) is 15.9. The summed E-state index contributed by atoms with van der Waals surface area (Å²) in [7, 11) is 0. The third-order valence-electron chi connectivity index (χ3n) is 3.00. The van der Waals surface area contributed by atoms with Crippen LogP contribution in [0.4, 0.5) is 0 Å². The zero-order valence-electron chi connectivity index (χ0n) is 11.8. The lowest BCUT2D eigenvalue weighted by Gasteiger charge is -2.13. The highest BCUT2D eigenvalue weighted by Crippen LogP contribution is 2.26. The van der Waals surface area contributed by atoms with Crippen LogP contribution in [-0.4, -0.2) is 18.3 Å². The van der Waals surface area contributed by atoms with Crippen molar-refractivity contribution in [2.45, 2.75) is 13.2 Å². The Balaban J connectivity index is 2.06. The standard InChI is InChI=1S/C16H16Cl3NO2/c17-13-2-4-16(12(8-13)9-20-5-6-21)22-10-11-1-3-14(18)15(19)7-11/h1-4,7-8,20-21H,5-6,9-10H2. The number of ether oxygens (including phenoxy) is 1. The fourth-order valence-electron chi connectivity index (χ4n) is 1.92. The zero-order valence-corrected chi connectivity index (χ0v) is 14.0. The monoisotopic (exact) mass is 359 g/mol. The van der Waals surface area contributed by atoms with Gasteiger partial charge in [-0.25, -0.2) is 0 Å². The third kappa shape index (κ3) is 5.04. The molecule has 22 heavy (non-hydrogen) atoms. The van der Waals surface area contributed by atoms with Crippen LogP contribution in [0, 0.1) is 0 Å². The van der Waals surface area contributed by atoms with Gasteiger partial charge in [-0.2, -0.15) is 0 Å². The predicted molar refractivity (Wildman–Crippen MR) is 91.0 cm³/mol. The number of benzene rings is 2. The maximum atomic E-state index is 8.83. The van der Waals surface area contributed by atoms with E-state index in [-0.39, 0.29) is 6.61 Å². The predicted octanol–water partition coefficient (Wildman–Crippen LogP) is 4.31. The average molecular weight is 361 g/mol. The molecule has 0 aliphatic heterocycles. The van der Waals surface area contributed by atoms with Gasteiger partial charge in [-0.15, -0.1) is 0 Å². The second-order valence-corrected chi connectivity index (χ2v) is 5.94. The summed E-state index contributed by atoms with van der Waals surface area (Å²) in [5, 5.41) is 13.6. The highest BCUT2D eigenvalue weighted by atomic mass is 35.5. The van der Waals surface area contributed by atoms with Crippen LogP contribution in [0.15, 0.2) is 36.4 Å². The van der Waals surface area contributed by atoms with Crippen molar-refractivity contribution in [3.8, 4) is 5.75 Å². The quantitative estimate of drug-likeness (QED) is 0.723. The van der Waals surface area contributed by atoms with E-state index in [0.717, 1.165) is 16.9 Å². The Morgan fingerprint density at radius 3 is 2.55 bits per heavy atom. The van der Waals surface area contributed by atoms with Crippen molar-refractivity contribution in [2.24, 2.45) is 0 Å². The average Bonchev–Trinajstić information content (AvgIpc) is 2.50. The summed E-state index contributed by atoms with van der Waals surface area (Å²) in [6, 6.07) is 10.8. The van der Waals surface area contributed by atoms with Crippen LogP contribution in [0.25, 0.3) is 0 Å². The fraction of sp³-hybridized carbons (Fsp3) is 0.250. The van der Waals surface area contributed by atoms with Gasteiger partial charge >= 0.3 is 0 Å². The number of aliphatic hydroxyl groups is 1. The first-order chi connectivity index (χ1) is 10.6. The number of halogens is 3. The molecule has 0 aliphatic rings. The molecule has 118 valence electrons. The van der Waals surface area contributed by atoms with Crippen molar-refractivity contribution in [2.75, 3.05) is 13.2 Å². The maximum absolute atomic E-state index is 8.83. The highest BCUT2D eigenvalue weighted by Gasteiger charge is 2.06. The van der Waals surface area contributed by atoms with E-state index in [1.165, 1.54) is 0 Å². The molecule has 0 saturated heterocycles. The van der Waals surface area contributed by atoms with E-state index in [0.29, 0.717) is 34.8 Å². The number of hydrogen-bond acceptors (Lipinski definition) is 3. The van der Waals surface area contributed by atoms with E-state index < -0.39 is 0 Å². The molecule has 0 bridgehead atoms. The van der Waals surface area contributed by atoms with E-state index in [1.54, 1.807) is 18.2 Å². The summed E-state index contributed by atoms with van der Waals surface area (Å²) in [4.78, 5) is 0. The lowest BCUT2D eigenvalue weighted by atomic mass is 10.2. The molecule has 0 saturated carbocycles. The summed E-state index contributed by atoms with van der Waals surface area (Å²) in [6.45, 7) is 1.54. The molecule has 0 spiro atoms. The summed E-state index contributed by atoms with van der Waals surface area (Å²) in [6.07, 6.45) is 0. The molecule has 2 rings (SSSR count). The second kappa shape index (κ2) is 8.61. The molecule has 0 radical (unpaired) electrons. The van der Waals surface area contributed by atoms with Crippen LogP contribution in [0.2, 0.25) is 15.1 Å². The molecule has 0 aliphatic carbocycles. The highest BCUT2D eigenvalue weighted by molar-refractivity contribution is 6.42. The lowest BCUT2D eigenvalue weighted by Crippen LogP contribution is -2.18. The van der Waals surface area contributed by atoms with Gasteiger partial charge in [0.2, 0.25) is 0 Å². The first kappa shape index (κ1) is 17.4. The molecule has 2 aromatic rings. The molecule has 0 fully saturated rings. The van der Waals surface area contributed by atoms with Crippen molar-refractivity contribution in [3.63, 3.8) is 0 Å². The molecule has 2 N–H and O–H groups in total. The molecule has 0 heterocycles. The Morgan fingerprint density at radius 1 is 1.00 bits per heavy atom. The van der Waals surface area contributed by atoms with Crippen molar-refractivity contribution in [1.82, 2.24) is 5.32 Å². The van der Waals surface area contributed by atoms with Crippen molar-refractivity contribution in [1.29, 1.82) is 0 Å². The Kier molecular flexibility index (Phi) is 6.80. The Labute approximate surface area is 144 Å². The van der Waals surface area contributed by atoms with Gasteiger partial charge in [0.05, 0.1) is 16.7 Å². The van der Waals surface area contributed by atoms with Gasteiger partial charge in [-0.05, 0) is 35.9 Å². The SMILES string of the molecule is OCCNCc1cc(Cl)ccc1OCc1ccc(Cl)c(Cl)c1. The van der Waals surface area contributed by atoms with Crippen LogP contribution in [0.3, 0.4) is 0 Å². The van der Waals surface area contributed by atoms with Gasteiger partial charge in [0, 0.05) is 23.7 Å². The first-order valence-corrected chi connectivity index (χ1v) is 7.90. The molecule has 6 heteroatoms. The van der Waals surface area contributed by atoms with E-state index in [1.807, 2.05) is 18.2 Å². The Bertz CT molecular complexity index is 635. The molecular formula is C16H16Cl3NO2. The van der Waals surface area contributed by atoms with Crippen molar-refractivity contribution >= 4 is 34.8 Å². The van der Waals surface area contributed by atoms with Gasteiger partial charge in [0.15, 0.2) is 0 Å². The lowest BCUT2D eigenvalue weighted by molar-refractivity contribution is 0.288. The third-order valence-corrected chi connectivity index (χ3v) is 3.98. The van der Waals surface area contributed by atoms with E-state index in [9.17, 15) is 0 Å². The number of rotatable bonds is 7. The van der Waals surface area contributed by atoms with Crippen molar-refractivity contribution in [3.05, 3.63) is 62.6 Å². The normalized spacial score (nSPS) is 10.7. The minimum absolute atomic E-state index is 0.0834. The molecule has 3 nitrogen and oxygen atoms in total. The number of aliphatic hydroxyl groups excluding tert-OH is 1. The van der Waals surface area contributed by atoms with E-state index >= 15 is 0 Å². The van der Waals surface area contributed by atoms with Crippen molar-refractivity contribution < 1.29 is 9.84 Å². The van der Waals surface area contributed by atoms with Crippen LogP contribution in [-0.2, 0) is 13.2 Å². The van der Waals surface area contributed by atoms with Gasteiger partial charge in [-0.3, -0.25) is 0 Å². The minimum atomic E-state index is 0.0834. The number of nitrogens with one attached hydrogen (secondary N) is 1. The van der Waals surface area contributed by atoms with Crippen LogP contribution < -0.4 is 10.1 Å². The van der Waals surface area contributed by atoms with Crippen LogP contribution >= 0.6 is 34.8 Å². The molecule has 0 unspecified atom stereocenters. The van der Waals surface area contributed by atoms with Crippen LogP contribution in [0.1, 0.15) is 11.1 Å². The second-order valence-electron chi connectivity index (χ2n) is 4.69. The maximum Gasteiger partial charge on any atom is 0.124 e. The van der Waals surface area contributed by atoms with E-state index in [4.69, 9.17) is 44.6 Å². The molecule has 0 aromatic heterocycles. The van der Waals surface area contributed by atoms with E-state index in [2.05, 4.69) is 5.32 Å². The van der Waals surface area contributed by atoms with Crippen LogP contribution in [0.5, 0.6) is 5.75 Å². The molecular weight excluding hydrogens is 345 g/mol. The first-order valence-electron chi connectivity index (χ1n) is 6.77. The summed E-state index contributed by atoms with van der Waals surface area (Å²) < 4.78 is 5.84.